The van der Waals surface area contributed by atoms with Crippen LogP contribution in [0.15, 0.2) is 152 Å². The number of ether oxygens (including phenoxy) is 1. The van der Waals surface area contributed by atoms with Gasteiger partial charge in [-0.2, -0.15) is 0 Å². The highest BCUT2D eigenvalue weighted by Crippen LogP contribution is 2.52. The van der Waals surface area contributed by atoms with E-state index in [1.807, 2.05) is 13.8 Å². The largest absolute Gasteiger partial charge is 0.406 e. The predicted molar refractivity (Wildman–Crippen MR) is 239 cm³/mol. The summed E-state index contributed by atoms with van der Waals surface area (Å²) in [7, 11) is -2.71. The average Bonchev–Trinajstić information content (AvgIpc) is 3.22. The molecule has 1 N–H and O–H groups in total. The molecule has 3 atom stereocenters. The van der Waals surface area contributed by atoms with Gasteiger partial charge >= 0.3 is 0 Å². The molecule has 1 heterocycles. The topological polar surface area (TPSA) is 49.0 Å². The third-order valence-electron chi connectivity index (χ3n) is 11.3. The van der Waals surface area contributed by atoms with Gasteiger partial charge < -0.3 is 23.5 Å². The standard InChI is InChI=1S/C48H60NO4PSSi/c1-6-51-54(55,52-7-2)38-40-36-49-44(37-53-56(47(3,4)5,45-29-19-11-20-30-45)46-31-21-12-22-32-46)35-39(40)33-34-50-48(41-23-13-8-14-24-41,42-25-15-9-16-26-42)43-27-17-10-18-28-43/h8-32,39-40,44,49H,6-7,33-38H2,1-5H3/t39-,40+,44-/m0/s1. The van der Waals surface area contributed by atoms with Crippen LogP contribution in [0.25, 0.3) is 0 Å². The minimum Gasteiger partial charge on any atom is -0.406 e. The van der Waals surface area contributed by atoms with E-state index in [1.54, 1.807) is 0 Å². The van der Waals surface area contributed by atoms with Crippen LogP contribution in [0.3, 0.4) is 0 Å². The molecule has 296 valence electrons. The number of hydrogen-bond donors (Lipinski definition) is 1. The molecule has 8 heteroatoms. The molecule has 0 spiro atoms. The summed E-state index contributed by atoms with van der Waals surface area (Å²) < 4.78 is 27.3. The van der Waals surface area contributed by atoms with E-state index < -0.39 is 20.4 Å². The summed E-state index contributed by atoms with van der Waals surface area (Å²) in [6, 6.07) is 54.0. The smallest absolute Gasteiger partial charge is 0.261 e. The Kier molecular flexibility index (Phi) is 14.7. The summed E-state index contributed by atoms with van der Waals surface area (Å²) in [6.45, 7) is 11.7. The molecule has 1 fully saturated rings. The Balaban J connectivity index is 1.31. The Bertz CT molecular complexity index is 1800. The van der Waals surface area contributed by atoms with Crippen molar-refractivity contribution in [2.45, 2.75) is 64.1 Å². The molecule has 0 radical (unpaired) electrons. The van der Waals surface area contributed by atoms with E-state index in [4.69, 9.17) is 30.0 Å². The number of hydrogen-bond acceptors (Lipinski definition) is 6. The van der Waals surface area contributed by atoms with E-state index in [0.29, 0.717) is 32.3 Å². The van der Waals surface area contributed by atoms with Gasteiger partial charge in [0.15, 0.2) is 6.49 Å². The molecule has 0 unspecified atom stereocenters. The maximum absolute atomic E-state index is 7.48. The van der Waals surface area contributed by atoms with Gasteiger partial charge in [-0.05, 0) is 89.0 Å². The molecule has 5 nitrogen and oxygen atoms in total. The summed E-state index contributed by atoms with van der Waals surface area (Å²) in [4.78, 5) is 0. The lowest BCUT2D eigenvalue weighted by Gasteiger charge is -2.45. The first-order valence-corrected chi connectivity index (χ1v) is 25.1. The molecule has 0 saturated carbocycles. The van der Waals surface area contributed by atoms with E-state index in [2.05, 4.69) is 178 Å². The van der Waals surface area contributed by atoms with Crippen molar-refractivity contribution in [2.24, 2.45) is 11.8 Å². The van der Waals surface area contributed by atoms with E-state index in [1.165, 1.54) is 10.4 Å². The molecule has 56 heavy (non-hydrogen) atoms. The molecule has 1 aliphatic heterocycles. The van der Waals surface area contributed by atoms with E-state index in [0.717, 1.165) is 42.2 Å². The highest BCUT2D eigenvalue weighted by Gasteiger charge is 2.51. The van der Waals surface area contributed by atoms with Gasteiger partial charge in [0.25, 0.3) is 8.32 Å². The van der Waals surface area contributed by atoms with Crippen molar-refractivity contribution in [3.63, 3.8) is 0 Å². The third-order valence-corrected chi connectivity index (χ3v) is 19.6. The fourth-order valence-electron chi connectivity index (χ4n) is 8.76. The first-order chi connectivity index (χ1) is 27.1. The van der Waals surface area contributed by atoms with Gasteiger partial charge in [0.1, 0.15) is 5.60 Å². The first-order valence-electron chi connectivity index (χ1n) is 20.3. The Morgan fingerprint density at radius 1 is 0.643 bits per heavy atom. The second kappa shape index (κ2) is 19.5. The van der Waals surface area contributed by atoms with Crippen molar-refractivity contribution in [3.05, 3.63) is 168 Å². The van der Waals surface area contributed by atoms with Gasteiger partial charge in [-0.25, -0.2) is 0 Å². The lowest BCUT2D eigenvalue weighted by atomic mass is 9.79. The molecule has 6 rings (SSSR count). The first kappa shape index (κ1) is 42.4. The van der Waals surface area contributed by atoms with Gasteiger partial charge in [-0.3, -0.25) is 0 Å². The molecule has 0 bridgehead atoms. The van der Waals surface area contributed by atoms with Crippen LogP contribution < -0.4 is 15.7 Å². The van der Waals surface area contributed by atoms with Crippen LogP contribution in [0.4, 0.5) is 0 Å². The molecule has 0 aliphatic carbocycles. The van der Waals surface area contributed by atoms with Crippen molar-refractivity contribution in [1.29, 1.82) is 0 Å². The van der Waals surface area contributed by atoms with Crippen LogP contribution >= 0.6 is 6.49 Å². The monoisotopic (exact) mass is 805 g/mol. The maximum atomic E-state index is 7.48. The average molecular weight is 806 g/mol. The van der Waals surface area contributed by atoms with Gasteiger partial charge in [-0.15, -0.1) is 0 Å². The van der Waals surface area contributed by atoms with E-state index in [-0.39, 0.29) is 17.0 Å². The lowest BCUT2D eigenvalue weighted by Crippen LogP contribution is -2.67. The Morgan fingerprint density at radius 3 is 1.48 bits per heavy atom. The van der Waals surface area contributed by atoms with Crippen molar-refractivity contribution >= 4 is 37.0 Å². The van der Waals surface area contributed by atoms with Crippen LogP contribution in [0.5, 0.6) is 0 Å². The van der Waals surface area contributed by atoms with Crippen LogP contribution in [0.1, 0.15) is 64.2 Å². The van der Waals surface area contributed by atoms with Gasteiger partial charge in [0.2, 0.25) is 0 Å². The van der Waals surface area contributed by atoms with Gasteiger partial charge in [-0.1, -0.05) is 172 Å². The predicted octanol–water partition coefficient (Wildman–Crippen LogP) is 9.94. The summed E-state index contributed by atoms with van der Waals surface area (Å²) in [5.41, 5.74) is 2.56. The van der Waals surface area contributed by atoms with Crippen LogP contribution in [0.2, 0.25) is 5.04 Å². The molecule has 1 aliphatic rings. The van der Waals surface area contributed by atoms with Gasteiger partial charge in [0, 0.05) is 18.8 Å². The van der Waals surface area contributed by atoms with Crippen LogP contribution in [-0.2, 0) is 35.6 Å². The van der Waals surface area contributed by atoms with E-state index in [9.17, 15) is 0 Å². The molecular weight excluding hydrogens is 746 g/mol. The van der Waals surface area contributed by atoms with Gasteiger partial charge in [0.05, 0.1) is 19.8 Å². The fraction of sp³-hybridized carbons (Fsp3) is 0.375. The molecule has 5 aromatic carbocycles. The lowest BCUT2D eigenvalue weighted by molar-refractivity contribution is -0.00171. The summed E-state index contributed by atoms with van der Waals surface area (Å²) in [6.07, 6.45) is 2.53. The molecule has 5 aromatic rings. The maximum Gasteiger partial charge on any atom is 0.261 e. The minimum atomic E-state index is -2.71. The zero-order valence-corrected chi connectivity index (χ0v) is 36.5. The summed E-state index contributed by atoms with van der Waals surface area (Å²) >= 11 is 6.16. The van der Waals surface area contributed by atoms with Crippen LogP contribution in [-0.4, -0.2) is 53.5 Å². The Hall–Kier alpha value is -3.23. The summed E-state index contributed by atoms with van der Waals surface area (Å²) in [5, 5.41) is 6.43. The molecule has 0 amide bonds. The second-order valence-electron chi connectivity index (χ2n) is 15.9. The van der Waals surface area contributed by atoms with Crippen molar-refractivity contribution in [3.8, 4) is 0 Å². The number of rotatable bonds is 18. The zero-order chi connectivity index (χ0) is 39.5. The Labute approximate surface area is 342 Å². The van der Waals surface area contributed by atoms with Crippen LogP contribution in [0, 0.1) is 11.8 Å². The fourth-order valence-corrected chi connectivity index (χ4v) is 16.6. The normalized spacial score (nSPS) is 18.1. The summed E-state index contributed by atoms with van der Waals surface area (Å²) in [5.74, 6) is 0.582. The second-order valence-corrected chi connectivity index (χ2v) is 24.0. The highest BCUT2D eigenvalue weighted by molar-refractivity contribution is 8.09. The van der Waals surface area contributed by atoms with Crippen molar-refractivity contribution < 1.29 is 18.2 Å². The third kappa shape index (κ3) is 9.55. The molecule has 1 saturated heterocycles. The molecule has 0 aromatic heterocycles. The Morgan fingerprint density at radius 2 is 1.07 bits per heavy atom. The minimum absolute atomic E-state index is 0.100. The van der Waals surface area contributed by atoms with E-state index >= 15 is 0 Å². The highest BCUT2D eigenvalue weighted by atomic mass is 32.5. The van der Waals surface area contributed by atoms with Crippen molar-refractivity contribution in [1.82, 2.24) is 5.32 Å². The SMILES string of the molecule is CCOP(=S)(C[C@H]1CN[C@H](CO[Si](c2ccccc2)(c2ccccc2)C(C)(C)C)C[C@@H]1CCOC(c1ccccc1)(c1ccccc1)c1ccccc1)OCC. The number of piperidine rings is 1. The molecular formula is C48H60NO4PSSi. The number of nitrogens with one attached hydrogen (secondary N) is 1. The van der Waals surface area contributed by atoms with Crippen molar-refractivity contribution in [2.75, 3.05) is 39.1 Å². The zero-order valence-electron chi connectivity index (χ0n) is 33.8. The quantitative estimate of drug-likeness (QED) is 0.0541. The number of benzene rings is 5.